The number of piperidine rings is 1. The normalized spacial score (nSPS) is 15.4. The molecule has 3 rings (SSSR count). The van der Waals surface area contributed by atoms with Gasteiger partial charge in [-0.3, -0.25) is 13.9 Å². The van der Waals surface area contributed by atoms with Gasteiger partial charge in [0, 0.05) is 25.2 Å². The maximum absolute atomic E-state index is 13.1. The Morgan fingerprint density at radius 2 is 1.59 bits per heavy atom. The van der Waals surface area contributed by atoms with E-state index >= 15 is 0 Å². The highest BCUT2D eigenvalue weighted by Gasteiger charge is 2.19. The molecule has 0 atom stereocenters. The molecule has 1 aliphatic heterocycles. The van der Waals surface area contributed by atoms with Crippen molar-refractivity contribution >= 4 is 10.9 Å². The molecule has 27 heavy (non-hydrogen) atoms. The summed E-state index contributed by atoms with van der Waals surface area (Å²) in [5, 5.41) is 0.472. The SMILES string of the molecule is COc1cc2c(=O)n(C(C)C)c(=O)n(CCN3CCCCC3)c2cc1OC. The first kappa shape index (κ1) is 19.5. The minimum atomic E-state index is -0.292. The van der Waals surface area contributed by atoms with Crippen LogP contribution in [0.5, 0.6) is 11.5 Å². The summed E-state index contributed by atoms with van der Waals surface area (Å²) in [7, 11) is 3.09. The third kappa shape index (κ3) is 3.74. The average Bonchev–Trinajstić information content (AvgIpc) is 2.67. The number of fused-ring (bicyclic) bond motifs is 1. The van der Waals surface area contributed by atoms with Gasteiger partial charge in [-0.15, -0.1) is 0 Å². The van der Waals surface area contributed by atoms with Crippen LogP contribution in [0.4, 0.5) is 0 Å². The molecule has 148 valence electrons. The molecule has 0 radical (unpaired) electrons. The summed E-state index contributed by atoms with van der Waals surface area (Å²) in [5.74, 6) is 0.997. The second-order valence-electron chi connectivity index (χ2n) is 7.33. The first-order chi connectivity index (χ1) is 13.0. The number of methoxy groups -OCH3 is 2. The summed E-state index contributed by atoms with van der Waals surface area (Å²) in [4.78, 5) is 28.4. The van der Waals surface area contributed by atoms with E-state index in [1.54, 1.807) is 23.8 Å². The van der Waals surface area contributed by atoms with Crippen LogP contribution in [-0.2, 0) is 6.54 Å². The predicted molar refractivity (Wildman–Crippen MR) is 106 cm³/mol. The van der Waals surface area contributed by atoms with Gasteiger partial charge in [-0.1, -0.05) is 6.42 Å². The first-order valence-corrected chi connectivity index (χ1v) is 9.61. The van der Waals surface area contributed by atoms with Crippen LogP contribution in [-0.4, -0.2) is 47.9 Å². The van der Waals surface area contributed by atoms with Crippen LogP contribution in [0.25, 0.3) is 10.9 Å². The minimum Gasteiger partial charge on any atom is -0.493 e. The molecule has 1 aromatic heterocycles. The van der Waals surface area contributed by atoms with Crippen LogP contribution in [0, 0.1) is 0 Å². The molecular formula is C20H29N3O4. The summed E-state index contributed by atoms with van der Waals surface area (Å²) in [6.45, 7) is 7.16. The lowest BCUT2D eigenvalue weighted by atomic mass is 10.1. The molecule has 0 unspecified atom stereocenters. The van der Waals surface area contributed by atoms with E-state index in [1.807, 2.05) is 13.8 Å². The Bertz CT molecular complexity index is 923. The number of benzene rings is 1. The number of rotatable bonds is 6. The number of aromatic nitrogens is 2. The molecule has 0 amide bonds. The quantitative estimate of drug-likeness (QED) is 0.775. The Balaban J connectivity index is 2.16. The number of nitrogens with zero attached hydrogens (tertiary/aromatic N) is 3. The third-order valence-corrected chi connectivity index (χ3v) is 5.28. The highest BCUT2D eigenvalue weighted by molar-refractivity contribution is 5.82. The van der Waals surface area contributed by atoms with E-state index in [9.17, 15) is 9.59 Å². The van der Waals surface area contributed by atoms with Crippen molar-refractivity contribution in [1.29, 1.82) is 0 Å². The fourth-order valence-corrected chi connectivity index (χ4v) is 3.81. The van der Waals surface area contributed by atoms with Gasteiger partial charge in [-0.25, -0.2) is 4.79 Å². The highest BCUT2D eigenvalue weighted by atomic mass is 16.5. The zero-order valence-electron chi connectivity index (χ0n) is 16.7. The second-order valence-corrected chi connectivity index (χ2v) is 7.33. The zero-order valence-corrected chi connectivity index (χ0v) is 16.7. The maximum atomic E-state index is 13.1. The summed E-state index contributed by atoms with van der Waals surface area (Å²) in [6.07, 6.45) is 3.67. The molecule has 2 aromatic rings. The molecule has 2 heterocycles. The lowest BCUT2D eigenvalue weighted by molar-refractivity contribution is 0.220. The van der Waals surface area contributed by atoms with Crippen molar-refractivity contribution in [3.05, 3.63) is 33.0 Å². The van der Waals surface area contributed by atoms with Gasteiger partial charge in [-0.05, 0) is 45.8 Å². The van der Waals surface area contributed by atoms with Crippen molar-refractivity contribution in [2.24, 2.45) is 0 Å². The Hall–Kier alpha value is -2.28. The molecule has 0 aliphatic carbocycles. The molecule has 0 N–H and O–H groups in total. The van der Waals surface area contributed by atoms with Crippen molar-refractivity contribution < 1.29 is 9.47 Å². The van der Waals surface area contributed by atoms with Crippen molar-refractivity contribution in [3.8, 4) is 11.5 Å². The van der Waals surface area contributed by atoms with Crippen molar-refractivity contribution in [3.63, 3.8) is 0 Å². The smallest absolute Gasteiger partial charge is 0.331 e. The summed E-state index contributed by atoms with van der Waals surface area (Å²) >= 11 is 0. The van der Waals surface area contributed by atoms with Crippen LogP contribution in [0.3, 0.4) is 0 Å². The van der Waals surface area contributed by atoms with Crippen molar-refractivity contribution in [2.45, 2.75) is 45.7 Å². The second kappa shape index (κ2) is 8.17. The van der Waals surface area contributed by atoms with E-state index in [0.29, 0.717) is 28.9 Å². The lowest BCUT2D eigenvalue weighted by Crippen LogP contribution is -2.43. The Morgan fingerprint density at radius 3 is 2.19 bits per heavy atom. The molecule has 1 aromatic carbocycles. The predicted octanol–water partition coefficient (Wildman–Crippen LogP) is 2.25. The van der Waals surface area contributed by atoms with Gasteiger partial charge in [-0.2, -0.15) is 0 Å². The van der Waals surface area contributed by atoms with Crippen LogP contribution in [0.15, 0.2) is 21.7 Å². The number of hydrogen-bond acceptors (Lipinski definition) is 5. The highest BCUT2D eigenvalue weighted by Crippen LogP contribution is 2.30. The largest absolute Gasteiger partial charge is 0.493 e. The molecule has 0 bridgehead atoms. The molecule has 1 aliphatic rings. The van der Waals surface area contributed by atoms with E-state index < -0.39 is 0 Å². The van der Waals surface area contributed by atoms with Crippen molar-refractivity contribution in [2.75, 3.05) is 33.9 Å². The van der Waals surface area contributed by atoms with Crippen LogP contribution in [0.2, 0.25) is 0 Å². The molecular weight excluding hydrogens is 346 g/mol. The first-order valence-electron chi connectivity index (χ1n) is 9.61. The van der Waals surface area contributed by atoms with Gasteiger partial charge in [0.15, 0.2) is 11.5 Å². The molecule has 0 spiro atoms. The lowest BCUT2D eigenvalue weighted by Gasteiger charge is -2.27. The van der Waals surface area contributed by atoms with Gasteiger partial charge < -0.3 is 14.4 Å². The van der Waals surface area contributed by atoms with Gasteiger partial charge >= 0.3 is 5.69 Å². The number of hydrogen-bond donors (Lipinski definition) is 0. The number of ether oxygens (including phenoxy) is 2. The fraction of sp³-hybridized carbons (Fsp3) is 0.600. The Labute approximate surface area is 159 Å². The van der Waals surface area contributed by atoms with E-state index in [0.717, 1.165) is 19.6 Å². The van der Waals surface area contributed by atoms with E-state index in [-0.39, 0.29) is 17.3 Å². The van der Waals surface area contributed by atoms with E-state index in [1.165, 1.54) is 30.9 Å². The summed E-state index contributed by atoms with van der Waals surface area (Å²) < 4.78 is 13.8. The molecule has 1 saturated heterocycles. The molecule has 7 heteroatoms. The van der Waals surface area contributed by atoms with Crippen LogP contribution < -0.4 is 20.7 Å². The van der Waals surface area contributed by atoms with E-state index in [4.69, 9.17) is 9.47 Å². The monoisotopic (exact) mass is 375 g/mol. The topological polar surface area (TPSA) is 65.7 Å². The average molecular weight is 375 g/mol. The summed E-state index contributed by atoms with van der Waals surface area (Å²) in [6, 6.07) is 3.19. The van der Waals surface area contributed by atoms with Gasteiger partial charge in [0.25, 0.3) is 5.56 Å². The van der Waals surface area contributed by atoms with Crippen LogP contribution in [0.1, 0.15) is 39.2 Å². The Kier molecular flexibility index (Phi) is 5.89. The van der Waals surface area contributed by atoms with Crippen molar-refractivity contribution in [1.82, 2.24) is 14.0 Å². The summed E-state index contributed by atoms with van der Waals surface area (Å²) in [5.41, 5.74) is 0.0310. The minimum absolute atomic E-state index is 0.219. The van der Waals surface area contributed by atoms with E-state index in [2.05, 4.69) is 4.90 Å². The molecule has 1 fully saturated rings. The van der Waals surface area contributed by atoms with Crippen LogP contribution >= 0.6 is 0 Å². The zero-order chi connectivity index (χ0) is 19.6. The number of likely N-dealkylation sites (tertiary alicyclic amines) is 1. The fourth-order valence-electron chi connectivity index (χ4n) is 3.81. The molecule has 0 saturated carbocycles. The standard InChI is InChI=1S/C20H29N3O4/c1-14(2)23-19(24)15-12-17(26-3)18(27-4)13-16(15)22(20(23)25)11-10-21-8-6-5-7-9-21/h12-14H,5-11H2,1-4H3. The Morgan fingerprint density at radius 1 is 0.963 bits per heavy atom. The van der Waals surface area contributed by atoms with Gasteiger partial charge in [0.1, 0.15) is 0 Å². The maximum Gasteiger partial charge on any atom is 0.331 e. The van der Waals surface area contributed by atoms with Gasteiger partial charge in [0.2, 0.25) is 0 Å². The van der Waals surface area contributed by atoms with Gasteiger partial charge in [0.05, 0.1) is 25.1 Å². The molecule has 7 nitrogen and oxygen atoms in total. The third-order valence-electron chi connectivity index (χ3n) is 5.28.